The van der Waals surface area contributed by atoms with E-state index in [0.717, 1.165) is 29.4 Å². The maximum atomic E-state index is 5.37. The van der Waals surface area contributed by atoms with Crippen LogP contribution in [0.5, 0.6) is 11.5 Å². The SMILES string of the molecule is CCNc1nccc(NCc2ccc(OC)cc2OC)n1. The molecule has 1 heterocycles. The van der Waals surface area contributed by atoms with E-state index in [-0.39, 0.29) is 0 Å². The number of hydrogen-bond acceptors (Lipinski definition) is 6. The van der Waals surface area contributed by atoms with E-state index in [1.165, 1.54) is 0 Å². The normalized spacial score (nSPS) is 10.0. The van der Waals surface area contributed by atoms with Crippen LogP contribution in [0.3, 0.4) is 0 Å². The number of rotatable bonds is 7. The van der Waals surface area contributed by atoms with Crippen molar-refractivity contribution in [3.05, 3.63) is 36.0 Å². The van der Waals surface area contributed by atoms with Gasteiger partial charge in [0.25, 0.3) is 0 Å². The Morgan fingerprint density at radius 2 is 1.95 bits per heavy atom. The minimum absolute atomic E-state index is 0.607. The molecule has 0 spiro atoms. The van der Waals surface area contributed by atoms with Crippen LogP contribution < -0.4 is 20.1 Å². The number of nitrogens with one attached hydrogen (secondary N) is 2. The quantitative estimate of drug-likeness (QED) is 0.816. The lowest BCUT2D eigenvalue weighted by Gasteiger charge is -2.12. The van der Waals surface area contributed by atoms with Crippen LogP contribution in [-0.2, 0) is 6.54 Å². The van der Waals surface area contributed by atoms with Crippen LogP contribution in [-0.4, -0.2) is 30.7 Å². The van der Waals surface area contributed by atoms with Gasteiger partial charge in [-0.25, -0.2) is 4.98 Å². The van der Waals surface area contributed by atoms with Crippen LogP contribution in [0.2, 0.25) is 0 Å². The summed E-state index contributed by atoms with van der Waals surface area (Å²) in [6.07, 6.45) is 1.72. The third kappa shape index (κ3) is 3.98. The van der Waals surface area contributed by atoms with Gasteiger partial charge in [-0.05, 0) is 25.1 Å². The second kappa shape index (κ2) is 7.33. The van der Waals surface area contributed by atoms with Gasteiger partial charge in [-0.1, -0.05) is 0 Å². The lowest BCUT2D eigenvalue weighted by atomic mass is 10.2. The van der Waals surface area contributed by atoms with Crippen molar-refractivity contribution in [2.75, 3.05) is 31.4 Å². The zero-order chi connectivity index (χ0) is 15.1. The molecule has 0 bridgehead atoms. The van der Waals surface area contributed by atoms with Gasteiger partial charge in [0.2, 0.25) is 5.95 Å². The van der Waals surface area contributed by atoms with Gasteiger partial charge >= 0.3 is 0 Å². The van der Waals surface area contributed by atoms with E-state index in [1.807, 2.05) is 31.2 Å². The Kier molecular flexibility index (Phi) is 5.20. The second-order valence-corrected chi connectivity index (χ2v) is 4.33. The molecule has 0 unspecified atom stereocenters. The maximum Gasteiger partial charge on any atom is 0.224 e. The van der Waals surface area contributed by atoms with Gasteiger partial charge in [-0.3, -0.25) is 0 Å². The molecule has 0 aliphatic carbocycles. The molecule has 2 N–H and O–H groups in total. The van der Waals surface area contributed by atoms with Gasteiger partial charge in [-0.2, -0.15) is 4.98 Å². The average Bonchev–Trinajstić information content (AvgIpc) is 2.53. The fourth-order valence-electron chi connectivity index (χ4n) is 1.88. The molecule has 1 aromatic carbocycles. The highest BCUT2D eigenvalue weighted by Crippen LogP contribution is 2.25. The molecule has 21 heavy (non-hydrogen) atoms. The highest BCUT2D eigenvalue weighted by molar-refractivity contribution is 5.45. The number of benzene rings is 1. The average molecular weight is 288 g/mol. The zero-order valence-electron chi connectivity index (χ0n) is 12.5. The Bertz CT molecular complexity index is 590. The Morgan fingerprint density at radius 1 is 1.10 bits per heavy atom. The second-order valence-electron chi connectivity index (χ2n) is 4.33. The van der Waals surface area contributed by atoms with Crippen LogP contribution in [0.15, 0.2) is 30.5 Å². The Hall–Kier alpha value is -2.50. The number of aromatic nitrogens is 2. The number of hydrogen-bond donors (Lipinski definition) is 2. The molecule has 0 aliphatic rings. The number of methoxy groups -OCH3 is 2. The van der Waals surface area contributed by atoms with Crippen molar-refractivity contribution in [1.29, 1.82) is 0 Å². The molecule has 0 atom stereocenters. The van der Waals surface area contributed by atoms with E-state index < -0.39 is 0 Å². The summed E-state index contributed by atoms with van der Waals surface area (Å²) in [7, 11) is 3.28. The third-order valence-corrected chi connectivity index (χ3v) is 2.94. The number of ether oxygens (including phenoxy) is 2. The summed E-state index contributed by atoms with van der Waals surface area (Å²) in [5.41, 5.74) is 1.03. The molecule has 112 valence electrons. The third-order valence-electron chi connectivity index (χ3n) is 2.94. The summed E-state index contributed by atoms with van der Waals surface area (Å²) in [6.45, 7) is 3.40. The standard InChI is InChI=1S/C15H20N4O2/c1-4-16-15-17-8-7-14(19-15)18-10-11-5-6-12(20-2)9-13(11)21-3/h5-9H,4,10H2,1-3H3,(H2,16,17,18,19). The highest BCUT2D eigenvalue weighted by atomic mass is 16.5. The van der Waals surface area contributed by atoms with Crippen molar-refractivity contribution in [3.8, 4) is 11.5 Å². The van der Waals surface area contributed by atoms with Crippen LogP contribution in [0.4, 0.5) is 11.8 Å². The Balaban J connectivity index is 2.07. The highest BCUT2D eigenvalue weighted by Gasteiger charge is 2.05. The monoisotopic (exact) mass is 288 g/mol. The van der Waals surface area contributed by atoms with Crippen molar-refractivity contribution in [2.24, 2.45) is 0 Å². The van der Waals surface area contributed by atoms with E-state index in [1.54, 1.807) is 20.4 Å². The minimum Gasteiger partial charge on any atom is -0.497 e. The number of nitrogens with zero attached hydrogens (tertiary/aromatic N) is 2. The van der Waals surface area contributed by atoms with Gasteiger partial charge in [0.1, 0.15) is 17.3 Å². The van der Waals surface area contributed by atoms with E-state index in [4.69, 9.17) is 9.47 Å². The topological polar surface area (TPSA) is 68.3 Å². The van der Waals surface area contributed by atoms with Gasteiger partial charge in [-0.15, -0.1) is 0 Å². The largest absolute Gasteiger partial charge is 0.497 e. The van der Waals surface area contributed by atoms with Crippen LogP contribution in [0.25, 0.3) is 0 Å². The first kappa shape index (κ1) is 14.9. The van der Waals surface area contributed by atoms with Gasteiger partial charge in [0.05, 0.1) is 14.2 Å². The van der Waals surface area contributed by atoms with Crippen molar-refractivity contribution in [3.63, 3.8) is 0 Å². The number of anilines is 2. The van der Waals surface area contributed by atoms with Gasteiger partial charge < -0.3 is 20.1 Å². The fourth-order valence-corrected chi connectivity index (χ4v) is 1.88. The lowest BCUT2D eigenvalue weighted by molar-refractivity contribution is 0.391. The Morgan fingerprint density at radius 3 is 2.67 bits per heavy atom. The molecular weight excluding hydrogens is 268 g/mol. The smallest absolute Gasteiger partial charge is 0.224 e. The van der Waals surface area contributed by atoms with Crippen molar-refractivity contribution < 1.29 is 9.47 Å². The van der Waals surface area contributed by atoms with E-state index in [2.05, 4.69) is 20.6 Å². The van der Waals surface area contributed by atoms with Crippen LogP contribution in [0, 0.1) is 0 Å². The predicted octanol–water partition coefficient (Wildman–Crippen LogP) is 2.54. The van der Waals surface area contributed by atoms with E-state index in [0.29, 0.717) is 12.5 Å². The first-order valence-corrected chi connectivity index (χ1v) is 6.78. The molecular formula is C15H20N4O2. The summed E-state index contributed by atoms with van der Waals surface area (Å²) in [5, 5.41) is 6.34. The first-order valence-electron chi connectivity index (χ1n) is 6.78. The van der Waals surface area contributed by atoms with E-state index in [9.17, 15) is 0 Å². The zero-order valence-corrected chi connectivity index (χ0v) is 12.5. The van der Waals surface area contributed by atoms with Crippen molar-refractivity contribution in [1.82, 2.24) is 9.97 Å². The van der Waals surface area contributed by atoms with Gasteiger partial charge in [0, 0.05) is 30.9 Å². The van der Waals surface area contributed by atoms with Crippen molar-refractivity contribution in [2.45, 2.75) is 13.5 Å². The molecule has 2 rings (SSSR count). The molecule has 0 saturated heterocycles. The van der Waals surface area contributed by atoms with E-state index >= 15 is 0 Å². The molecule has 0 fully saturated rings. The molecule has 1 aromatic heterocycles. The molecule has 0 radical (unpaired) electrons. The lowest BCUT2D eigenvalue weighted by Crippen LogP contribution is -2.07. The summed E-state index contributed by atoms with van der Waals surface area (Å²) in [6, 6.07) is 7.57. The molecule has 0 amide bonds. The molecule has 6 nitrogen and oxygen atoms in total. The van der Waals surface area contributed by atoms with Gasteiger partial charge in [0.15, 0.2) is 0 Å². The molecule has 0 aliphatic heterocycles. The fraction of sp³-hybridized carbons (Fsp3) is 0.333. The predicted molar refractivity (Wildman–Crippen MR) is 83.1 cm³/mol. The summed E-state index contributed by atoms with van der Waals surface area (Å²) < 4.78 is 10.6. The first-order chi connectivity index (χ1) is 10.3. The van der Waals surface area contributed by atoms with Crippen LogP contribution >= 0.6 is 0 Å². The summed E-state index contributed by atoms with van der Waals surface area (Å²) in [5.74, 6) is 2.93. The van der Waals surface area contributed by atoms with Crippen molar-refractivity contribution >= 4 is 11.8 Å². The molecule has 6 heteroatoms. The summed E-state index contributed by atoms with van der Waals surface area (Å²) >= 11 is 0. The molecule has 2 aromatic rings. The minimum atomic E-state index is 0.607. The maximum absolute atomic E-state index is 5.37. The molecule has 0 saturated carbocycles. The Labute approximate surface area is 124 Å². The van der Waals surface area contributed by atoms with Crippen LogP contribution in [0.1, 0.15) is 12.5 Å². The summed E-state index contributed by atoms with van der Waals surface area (Å²) in [4.78, 5) is 8.51.